The Morgan fingerprint density at radius 1 is 1.11 bits per heavy atom. The van der Waals surface area contributed by atoms with E-state index in [0.717, 1.165) is 0 Å². The van der Waals surface area contributed by atoms with Gasteiger partial charge in [0.15, 0.2) is 0 Å². The largest absolute Gasteiger partial charge is 0.466 e. The molecular weight excluding hydrogens is 234 g/mol. The topological polar surface area (TPSA) is 72.5 Å². The number of hydrogen-bond acceptors (Lipinski definition) is 4. The molecule has 5 nitrogen and oxygen atoms in total. The Bertz CT molecular complexity index is 435. The van der Waals surface area contributed by atoms with E-state index in [0.29, 0.717) is 24.2 Å². The monoisotopic (exact) mass is 249 g/mol. The minimum Gasteiger partial charge on any atom is -0.466 e. The molecule has 2 rings (SSSR count). The van der Waals surface area contributed by atoms with E-state index in [1.165, 1.54) is 0 Å². The van der Waals surface area contributed by atoms with Crippen LogP contribution < -0.4 is 5.32 Å². The highest BCUT2D eigenvalue weighted by Gasteiger charge is 2.25. The van der Waals surface area contributed by atoms with E-state index in [1.54, 1.807) is 38.1 Å². The van der Waals surface area contributed by atoms with E-state index in [-0.39, 0.29) is 17.8 Å². The zero-order valence-electron chi connectivity index (χ0n) is 10.4. The van der Waals surface area contributed by atoms with Gasteiger partial charge < -0.3 is 4.74 Å². The van der Waals surface area contributed by atoms with Crippen LogP contribution >= 0.6 is 0 Å². The van der Waals surface area contributed by atoms with Gasteiger partial charge in [0.2, 0.25) is 0 Å². The first-order chi connectivity index (χ1) is 8.60. The van der Waals surface area contributed by atoms with Crippen molar-refractivity contribution in [1.29, 1.82) is 0 Å². The molecule has 96 valence electrons. The average molecular weight is 249 g/mol. The number of nitrogens with one attached hydrogen (secondary N) is 1. The Kier molecular flexibility index (Phi) is 5.05. The quantitative estimate of drug-likeness (QED) is 0.637. The van der Waals surface area contributed by atoms with Crippen LogP contribution in [0.1, 0.15) is 41.0 Å². The van der Waals surface area contributed by atoms with E-state index < -0.39 is 0 Å². The second kappa shape index (κ2) is 6.54. The van der Waals surface area contributed by atoms with Crippen molar-refractivity contribution in [3.05, 3.63) is 35.4 Å². The lowest BCUT2D eigenvalue weighted by molar-refractivity contribution is -0.142. The molecule has 1 heterocycles. The smallest absolute Gasteiger partial charge is 0.305 e. The Morgan fingerprint density at radius 3 is 1.94 bits per heavy atom. The van der Waals surface area contributed by atoms with Crippen LogP contribution in [-0.2, 0) is 9.53 Å². The number of carbonyl (C=O) groups excluding carboxylic acids is 3. The molecule has 0 aliphatic carbocycles. The molecule has 18 heavy (non-hydrogen) atoms. The third-order valence-corrected chi connectivity index (χ3v) is 2.24. The normalized spacial score (nSPS) is 12.1. The molecule has 0 unspecified atom stereocenters. The van der Waals surface area contributed by atoms with Gasteiger partial charge in [-0.2, -0.15) is 0 Å². The van der Waals surface area contributed by atoms with Gasteiger partial charge in [-0.3, -0.25) is 19.7 Å². The Morgan fingerprint density at radius 2 is 1.61 bits per heavy atom. The van der Waals surface area contributed by atoms with Gasteiger partial charge >= 0.3 is 5.97 Å². The Labute approximate surface area is 105 Å². The van der Waals surface area contributed by atoms with Gasteiger partial charge in [-0.05, 0) is 19.1 Å². The minimum absolute atomic E-state index is 0.123. The van der Waals surface area contributed by atoms with E-state index in [2.05, 4.69) is 10.1 Å². The fourth-order valence-electron chi connectivity index (χ4n) is 1.38. The number of rotatable bonds is 2. The maximum Gasteiger partial charge on any atom is 0.305 e. The standard InChI is InChI=1S/C8H5NO2.C5H10O2/c10-7-5-3-1-2-4-6(5)8(11)9-7;1-3-5(6)7-4-2/h1-4H,(H,9,10,11);3-4H2,1-2H3. The molecule has 1 aliphatic rings. The van der Waals surface area contributed by atoms with Gasteiger partial charge in [-0.1, -0.05) is 19.1 Å². The van der Waals surface area contributed by atoms with Crippen LogP contribution in [-0.4, -0.2) is 24.4 Å². The van der Waals surface area contributed by atoms with Crippen molar-refractivity contribution in [2.45, 2.75) is 20.3 Å². The maximum atomic E-state index is 10.9. The first kappa shape index (κ1) is 13.9. The van der Waals surface area contributed by atoms with Crippen LogP contribution in [0.5, 0.6) is 0 Å². The summed E-state index contributed by atoms with van der Waals surface area (Å²) in [6.07, 6.45) is 0.480. The molecule has 0 fully saturated rings. The van der Waals surface area contributed by atoms with Crippen molar-refractivity contribution < 1.29 is 19.1 Å². The molecule has 0 aromatic heterocycles. The molecule has 1 N–H and O–H groups in total. The van der Waals surface area contributed by atoms with Gasteiger partial charge in [0.05, 0.1) is 17.7 Å². The van der Waals surface area contributed by atoms with Crippen LogP contribution in [0.15, 0.2) is 24.3 Å². The van der Waals surface area contributed by atoms with Crippen LogP contribution in [0.3, 0.4) is 0 Å². The average Bonchev–Trinajstić information content (AvgIpc) is 2.67. The summed E-state index contributed by atoms with van der Waals surface area (Å²) in [4.78, 5) is 32.1. The van der Waals surface area contributed by atoms with E-state index in [9.17, 15) is 14.4 Å². The number of esters is 1. The van der Waals surface area contributed by atoms with Crippen molar-refractivity contribution >= 4 is 17.8 Å². The van der Waals surface area contributed by atoms with E-state index >= 15 is 0 Å². The van der Waals surface area contributed by atoms with Crippen molar-refractivity contribution in [3.63, 3.8) is 0 Å². The number of carbonyl (C=O) groups is 3. The lowest BCUT2D eigenvalue weighted by Gasteiger charge is -1.93. The maximum absolute atomic E-state index is 10.9. The minimum atomic E-state index is -0.300. The summed E-state index contributed by atoms with van der Waals surface area (Å²) in [6.45, 7) is 4.07. The lowest BCUT2D eigenvalue weighted by Crippen LogP contribution is -2.19. The number of hydrogen-bond donors (Lipinski definition) is 1. The Hall–Kier alpha value is -2.17. The lowest BCUT2D eigenvalue weighted by atomic mass is 10.1. The van der Waals surface area contributed by atoms with Crippen LogP contribution in [0.25, 0.3) is 0 Å². The molecule has 0 saturated carbocycles. The first-order valence-electron chi connectivity index (χ1n) is 5.70. The molecular formula is C13H15NO4. The molecule has 0 radical (unpaired) electrons. The molecule has 0 saturated heterocycles. The second-order valence-electron chi connectivity index (χ2n) is 3.49. The predicted molar refractivity (Wildman–Crippen MR) is 65.2 cm³/mol. The van der Waals surface area contributed by atoms with Crippen LogP contribution in [0, 0.1) is 0 Å². The molecule has 0 bridgehead atoms. The summed E-state index contributed by atoms with van der Waals surface area (Å²) in [5.41, 5.74) is 0.940. The number of amides is 2. The summed E-state index contributed by atoms with van der Waals surface area (Å²) in [6, 6.07) is 6.74. The zero-order chi connectivity index (χ0) is 13.5. The molecule has 0 atom stereocenters. The van der Waals surface area contributed by atoms with E-state index in [4.69, 9.17) is 0 Å². The molecule has 2 amide bonds. The Balaban J connectivity index is 0.000000203. The van der Waals surface area contributed by atoms with Crippen molar-refractivity contribution in [2.75, 3.05) is 6.61 Å². The van der Waals surface area contributed by atoms with Crippen LogP contribution in [0.4, 0.5) is 0 Å². The summed E-state index contributed by atoms with van der Waals surface area (Å²) >= 11 is 0. The molecule has 1 aromatic rings. The summed E-state index contributed by atoms with van der Waals surface area (Å²) in [5, 5.41) is 2.20. The van der Waals surface area contributed by atoms with Gasteiger partial charge in [0.25, 0.3) is 11.8 Å². The first-order valence-corrected chi connectivity index (χ1v) is 5.70. The van der Waals surface area contributed by atoms with Crippen molar-refractivity contribution in [3.8, 4) is 0 Å². The zero-order valence-corrected chi connectivity index (χ0v) is 10.4. The molecule has 1 aromatic carbocycles. The fraction of sp³-hybridized carbons (Fsp3) is 0.308. The number of fused-ring (bicyclic) bond motifs is 1. The number of benzene rings is 1. The van der Waals surface area contributed by atoms with Crippen molar-refractivity contribution in [2.24, 2.45) is 0 Å². The summed E-state index contributed by atoms with van der Waals surface area (Å²) < 4.78 is 4.55. The fourth-order valence-corrected chi connectivity index (χ4v) is 1.38. The van der Waals surface area contributed by atoms with Crippen molar-refractivity contribution in [1.82, 2.24) is 5.32 Å². The summed E-state index contributed by atoms with van der Waals surface area (Å²) in [5.74, 6) is -0.723. The molecule has 0 spiro atoms. The van der Waals surface area contributed by atoms with Gasteiger partial charge in [0, 0.05) is 6.42 Å². The van der Waals surface area contributed by atoms with Crippen LogP contribution in [0.2, 0.25) is 0 Å². The second-order valence-corrected chi connectivity index (χ2v) is 3.49. The third kappa shape index (κ3) is 3.41. The van der Waals surface area contributed by atoms with Gasteiger partial charge in [0.1, 0.15) is 0 Å². The van der Waals surface area contributed by atoms with Gasteiger partial charge in [-0.25, -0.2) is 0 Å². The number of imide groups is 1. The molecule has 5 heteroatoms. The molecule has 1 aliphatic heterocycles. The highest BCUT2D eigenvalue weighted by molar-refractivity contribution is 6.21. The van der Waals surface area contributed by atoms with Gasteiger partial charge in [-0.15, -0.1) is 0 Å². The predicted octanol–water partition coefficient (Wildman–Crippen LogP) is 1.53. The highest BCUT2D eigenvalue weighted by Crippen LogP contribution is 2.13. The highest BCUT2D eigenvalue weighted by atomic mass is 16.5. The third-order valence-electron chi connectivity index (χ3n) is 2.24. The summed E-state index contributed by atoms with van der Waals surface area (Å²) in [7, 11) is 0. The van der Waals surface area contributed by atoms with E-state index in [1.807, 2.05) is 0 Å². The number of ether oxygens (including phenoxy) is 1. The SMILES string of the molecule is CCOC(=O)CC.O=C1NC(=O)c2ccccc21.